The van der Waals surface area contributed by atoms with Crippen LogP contribution in [0.4, 0.5) is 0 Å². The van der Waals surface area contributed by atoms with Crippen molar-refractivity contribution in [3.05, 3.63) is 78.4 Å². The summed E-state index contributed by atoms with van der Waals surface area (Å²) in [6, 6.07) is 18.7. The molecule has 4 heteroatoms. The van der Waals surface area contributed by atoms with Gasteiger partial charge in [0.15, 0.2) is 11.0 Å². The molecular formula is C19H19N3S. The van der Waals surface area contributed by atoms with Crippen LogP contribution in [0, 0.1) is 6.92 Å². The molecule has 0 saturated carbocycles. The quantitative estimate of drug-likeness (QED) is 0.485. The molecule has 3 rings (SSSR count). The second-order valence-electron chi connectivity index (χ2n) is 5.35. The second-order valence-corrected chi connectivity index (χ2v) is 6.29. The van der Waals surface area contributed by atoms with Crippen molar-refractivity contribution in [1.82, 2.24) is 14.8 Å². The predicted molar refractivity (Wildman–Crippen MR) is 96.4 cm³/mol. The van der Waals surface area contributed by atoms with Crippen LogP contribution in [0.2, 0.25) is 0 Å². The summed E-state index contributed by atoms with van der Waals surface area (Å²) in [6.45, 7) is 6.66. The Morgan fingerprint density at radius 2 is 1.78 bits per heavy atom. The molecule has 0 aliphatic rings. The van der Waals surface area contributed by atoms with Crippen molar-refractivity contribution in [2.24, 2.45) is 0 Å². The Morgan fingerprint density at radius 1 is 1.04 bits per heavy atom. The molecule has 0 aliphatic heterocycles. The number of thioether (sulfide) groups is 1. The molecule has 0 saturated heterocycles. The first-order valence-corrected chi connectivity index (χ1v) is 8.54. The minimum atomic E-state index is 0.702. The van der Waals surface area contributed by atoms with Crippen molar-refractivity contribution in [1.29, 1.82) is 0 Å². The number of benzene rings is 2. The number of rotatable bonds is 6. The van der Waals surface area contributed by atoms with Crippen LogP contribution in [0.25, 0.3) is 11.4 Å². The lowest BCUT2D eigenvalue weighted by Crippen LogP contribution is -2.00. The zero-order chi connectivity index (χ0) is 16.1. The van der Waals surface area contributed by atoms with Crippen LogP contribution < -0.4 is 0 Å². The Morgan fingerprint density at radius 3 is 2.48 bits per heavy atom. The lowest BCUT2D eigenvalue weighted by atomic mass is 10.2. The number of hydrogen-bond acceptors (Lipinski definition) is 3. The van der Waals surface area contributed by atoms with Gasteiger partial charge in [-0.1, -0.05) is 78.0 Å². The monoisotopic (exact) mass is 321 g/mol. The summed E-state index contributed by atoms with van der Waals surface area (Å²) in [5.41, 5.74) is 3.64. The van der Waals surface area contributed by atoms with Gasteiger partial charge in [-0.15, -0.1) is 16.8 Å². The first-order chi connectivity index (χ1) is 11.3. The molecular weight excluding hydrogens is 302 g/mol. The molecule has 0 N–H and O–H groups in total. The Hall–Kier alpha value is -2.33. The van der Waals surface area contributed by atoms with E-state index in [2.05, 4.69) is 64.7 Å². The molecule has 23 heavy (non-hydrogen) atoms. The van der Waals surface area contributed by atoms with Crippen LogP contribution in [0.5, 0.6) is 0 Å². The molecule has 1 heterocycles. The van der Waals surface area contributed by atoms with Gasteiger partial charge in [-0.3, -0.25) is 4.57 Å². The molecule has 0 amide bonds. The van der Waals surface area contributed by atoms with E-state index in [1.807, 2.05) is 24.3 Å². The van der Waals surface area contributed by atoms with Gasteiger partial charge in [-0.05, 0) is 12.5 Å². The van der Waals surface area contributed by atoms with E-state index >= 15 is 0 Å². The first kappa shape index (κ1) is 15.6. The second kappa shape index (κ2) is 7.29. The zero-order valence-corrected chi connectivity index (χ0v) is 14.0. The van der Waals surface area contributed by atoms with Crippen molar-refractivity contribution >= 4 is 11.8 Å². The van der Waals surface area contributed by atoms with Gasteiger partial charge in [-0.25, -0.2) is 0 Å². The van der Waals surface area contributed by atoms with E-state index in [1.54, 1.807) is 11.8 Å². The highest BCUT2D eigenvalue weighted by Crippen LogP contribution is 2.26. The molecule has 0 unspecified atom stereocenters. The Balaban J connectivity index is 1.83. The van der Waals surface area contributed by atoms with Gasteiger partial charge >= 0.3 is 0 Å². The molecule has 0 atom stereocenters. The summed E-state index contributed by atoms with van der Waals surface area (Å²) >= 11 is 1.70. The van der Waals surface area contributed by atoms with E-state index in [0.29, 0.717) is 6.54 Å². The van der Waals surface area contributed by atoms with Crippen LogP contribution >= 0.6 is 11.8 Å². The molecule has 2 aromatic carbocycles. The third kappa shape index (κ3) is 3.71. The van der Waals surface area contributed by atoms with Crippen LogP contribution in [0.3, 0.4) is 0 Å². The van der Waals surface area contributed by atoms with E-state index in [-0.39, 0.29) is 0 Å². The van der Waals surface area contributed by atoms with Gasteiger partial charge in [0, 0.05) is 17.9 Å². The average molecular weight is 321 g/mol. The number of allylic oxidation sites excluding steroid dienone is 1. The standard InChI is InChI=1S/C19H19N3S/c1-3-13-22-18(17-7-5-4-6-8-17)20-21-19(22)23-14-16-11-9-15(2)10-12-16/h3-12H,1,13-14H2,2H3. The topological polar surface area (TPSA) is 30.7 Å². The normalized spacial score (nSPS) is 10.7. The molecule has 116 valence electrons. The zero-order valence-electron chi connectivity index (χ0n) is 13.1. The van der Waals surface area contributed by atoms with Gasteiger partial charge in [0.05, 0.1) is 0 Å². The summed E-state index contributed by atoms with van der Waals surface area (Å²) in [5.74, 6) is 1.77. The van der Waals surface area contributed by atoms with Gasteiger partial charge in [-0.2, -0.15) is 0 Å². The predicted octanol–water partition coefficient (Wildman–Crippen LogP) is 4.73. The summed E-state index contributed by atoms with van der Waals surface area (Å²) in [4.78, 5) is 0. The fraction of sp³-hybridized carbons (Fsp3) is 0.158. The Labute approximate surface area is 141 Å². The smallest absolute Gasteiger partial charge is 0.192 e. The highest BCUT2D eigenvalue weighted by molar-refractivity contribution is 7.98. The third-order valence-corrected chi connectivity index (χ3v) is 4.59. The maximum atomic E-state index is 4.38. The molecule has 0 bridgehead atoms. The maximum absolute atomic E-state index is 4.38. The van der Waals surface area contributed by atoms with Crippen molar-refractivity contribution in [2.45, 2.75) is 24.4 Å². The lowest BCUT2D eigenvalue weighted by molar-refractivity contribution is 0.731. The Kier molecular flexibility index (Phi) is 4.93. The number of aryl methyl sites for hydroxylation is 1. The van der Waals surface area contributed by atoms with Crippen LogP contribution in [-0.2, 0) is 12.3 Å². The van der Waals surface area contributed by atoms with E-state index in [4.69, 9.17) is 0 Å². The van der Waals surface area contributed by atoms with Gasteiger partial charge in [0.25, 0.3) is 0 Å². The fourth-order valence-electron chi connectivity index (χ4n) is 2.32. The minimum Gasteiger partial charge on any atom is -0.298 e. The molecule has 0 aliphatic carbocycles. The SMILES string of the molecule is C=CCn1c(SCc2ccc(C)cc2)nnc1-c1ccccc1. The summed E-state index contributed by atoms with van der Waals surface area (Å²) in [7, 11) is 0. The van der Waals surface area contributed by atoms with E-state index < -0.39 is 0 Å². The molecule has 3 aromatic rings. The van der Waals surface area contributed by atoms with Crippen LogP contribution in [0.1, 0.15) is 11.1 Å². The molecule has 0 fully saturated rings. The van der Waals surface area contributed by atoms with Gasteiger partial charge in [0.1, 0.15) is 0 Å². The molecule has 3 nitrogen and oxygen atoms in total. The highest BCUT2D eigenvalue weighted by Gasteiger charge is 2.13. The molecule has 0 radical (unpaired) electrons. The highest BCUT2D eigenvalue weighted by atomic mass is 32.2. The number of aromatic nitrogens is 3. The van der Waals surface area contributed by atoms with Crippen LogP contribution in [-0.4, -0.2) is 14.8 Å². The maximum Gasteiger partial charge on any atom is 0.192 e. The third-order valence-electron chi connectivity index (χ3n) is 3.55. The van der Waals surface area contributed by atoms with Gasteiger partial charge in [0.2, 0.25) is 0 Å². The Bertz CT molecular complexity index is 776. The van der Waals surface area contributed by atoms with Crippen molar-refractivity contribution < 1.29 is 0 Å². The number of nitrogens with zero attached hydrogens (tertiary/aromatic N) is 3. The first-order valence-electron chi connectivity index (χ1n) is 7.56. The lowest BCUT2D eigenvalue weighted by Gasteiger charge is -2.08. The average Bonchev–Trinajstić information content (AvgIpc) is 2.98. The van der Waals surface area contributed by atoms with E-state index in [0.717, 1.165) is 22.3 Å². The fourth-order valence-corrected chi connectivity index (χ4v) is 3.23. The summed E-state index contributed by atoms with van der Waals surface area (Å²) in [6.07, 6.45) is 1.88. The summed E-state index contributed by atoms with van der Waals surface area (Å²) < 4.78 is 2.11. The van der Waals surface area contributed by atoms with Crippen molar-refractivity contribution in [2.75, 3.05) is 0 Å². The van der Waals surface area contributed by atoms with Crippen molar-refractivity contribution in [3.63, 3.8) is 0 Å². The van der Waals surface area contributed by atoms with E-state index in [9.17, 15) is 0 Å². The summed E-state index contributed by atoms with van der Waals surface area (Å²) in [5, 5.41) is 9.67. The molecule has 0 spiro atoms. The van der Waals surface area contributed by atoms with Crippen molar-refractivity contribution in [3.8, 4) is 11.4 Å². The minimum absolute atomic E-state index is 0.702. The van der Waals surface area contributed by atoms with Crippen LogP contribution in [0.15, 0.2) is 72.4 Å². The van der Waals surface area contributed by atoms with Gasteiger partial charge < -0.3 is 0 Å². The largest absolute Gasteiger partial charge is 0.298 e. The van der Waals surface area contributed by atoms with E-state index in [1.165, 1.54) is 11.1 Å². The molecule has 1 aromatic heterocycles. The number of hydrogen-bond donors (Lipinski definition) is 0.